The Morgan fingerprint density at radius 3 is 2.24 bits per heavy atom. The Morgan fingerprint density at radius 1 is 0.952 bits per heavy atom. The average Bonchev–Trinajstić information content (AvgIpc) is 2.51. The first-order chi connectivity index (χ1) is 10.1. The molecule has 1 unspecified atom stereocenters. The Balaban J connectivity index is 2.38. The van der Waals surface area contributed by atoms with Gasteiger partial charge in [-0.15, -0.1) is 0 Å². The van der Waals surface area contributed by atoms with E-state index in [9.17, 15) is 0 Å². The predicted octanol–water partition coefficient (Wildman–Crippen LogP) is 4.41. The van der Waals surface area contributed by atoms with E-state index in [0.717, 1.165) is 19.4 Å². The Morgan fingerprint density at radius 2 is 1.67 bits per heavy atom. The van der Waals surface area contributed by atoms with Crippen LogP contribution in [-0.2, 0) is 11.8 Å². The SMILES string of the molecule is CCC(CNC)(Cc1ccc(C)c(C)c1)c1ccccc1. The molecule has 0 aliphatic heterocycles. The minimum atomic E-state index is 0.164. The van der Waals surface area contributed by atoms with Gasteiger partial charge < -0.3 is 5.32 Å². The van der Waals surface area contributed by atoms with Crippen molar-refractivity contribution in [2.75, 3.05) is 13.6 Å². The fourth-order valence-electron chi connectivity index (χ4n) is 3.16. The fraction of sp³-hybridized carbons (Fsp3) is 0.400. The van der Waals surface area contributed by atoms with Gasteiger partial charge in [0.2, 0.25) is 0 Å². The molecule has 1 heteroatoms. The molecule has 0 spiro atoms. The van der Waals surface area contributed by atoms with Gasteiger partial charge >= 0.3 is 0 Å². The number of rotatable bonds is 6. The lowest BCUT2D eigenvalue weighted by atomic mass is 9.73. The van der Waals surface area contributed by atoms with Gasteiger partial charge in [-0.1, -0.05) is 55.5 Å². The maximum Gasteiger partial charge on any atom is 0.0115 e. The van der Waals surface area contributed by atoms with Gasteiger partial charge in [-0.2, -0.15) is 0 Å². The van der Waals surface area contributed by atoms with Crippen molar-refractivity contribution in [2.24, 2.45) is 0 Å². The predicted molar refractivity (Wildman–Crippen MR) is 92.0 cm³/mol. The third-order valence-corrected chi connectivity index (χ3v) is 4.69. The van der Waals surface area contributed by atoms with E-state index >= 15 is 0 Å². The fourth-order valence-corrected chi connectivity index (χ4v) is 3.16. The molecule has 0 heterocycles. The molecule has 2 aromatic rings. The summed E-state index contributed by atoms with van der Waals surface area (Å²) in [6.45, 7) is 7.68. The van der Waals surface area contributed by atoms with Crippen molar-refractivity contribution in [1.82, 2.24) is 5.32 Å². The monoisotopic (exact) mass is 281 g/mol. The van der Waals surface area contributed by atoms with E-state index in [1.165, 1.54) is 22.3 Å². The molecule has 0 bridgehead atoms. The zero-order valence-corrected chi connectivity index (χ0v) is 13.7. The van der Waals surface area contributed by atoms with E-state index in [-0.39, 0.29) is 5.41 Å². The largest absolute Gasteiger partial charge is 0.319 e. The standard InChI is InChI=1S/C20H27N/c1-5-20(15-21-4,19-9-7-6-8-10-19)14-18-12-11-16(2)17(3)13-18/h6-13,21H,5,14-15H2,1-4H3. The van der Waals surface area contributed by atoms with Gasteiger partial charge in [0.25, 0.3) is 0 Å². The second-order valence-electron chi connectivity index (χ2n) is 6.13. The molecule has 1 atom stereocenters. The van der Waals surface area contributed by atoms with Gasteiger partial charge in [0, 0.05) is 12.0 Å². The van der Waals surface area contributed by atoms with E-state index in [2.05, 4.69) is 74.6 Å². The summed E-state index contributed by atoms with van der Waals surface area (Å²) in [5.41, 5.74) is 5.78. The highest BCUT2D eigenvalue weighted by Crippen LogP contribution is 2.32. The highest BCUT2D eigenvalue weighted by Gasteiger charge is 2.29. The first kappa shape index (κ1) is 15.8. The second kappa shape index (κ2) is 6.91. The molecule has 2 rings (SSSR count). The zero-order chi connectivity index (χ0) is 15.3. The van der Waals surface area contributed by atoms with Gasteiger partial charge in [-0.25, -0.2) is 0 Å². The molecule has 2 aromatic carbocycles. The summed E-state index contributed by atoms with van der Waals surface area (Å²) < 4.78 is 0. The molecule has 1 N–H and O–H groups in total. The highest BCUT2D eigenvalue weighted by atomic mass is 14.8. The lowest BCUT2D eigenvalue weighted by Crippen LogP contribution is -2.38. The van der Waals surface area contributed by atoms with E-state index in [1.807, 2.05) is 7.05 Å². The summed E-state index contributed by atoms with van der Waals surface area (Å²) >= 11 is 0. The zero-order valence-electron chi connectivity index (χ0n) is 13.7. The molecule has 0 aromatic heterocycles. The van der Waals surface area contributed by atoms with Crippen molar-refractivity contribution in [3.05, 3.63) is 70.8 Å². The molecular weight excluding hydrogens is 254 g/mol. The molecule has 0 saturated heterocycles. The van der Waals surface area contributed by atoms with Crippen LogP contribution in [0.3, 0.4) is 0 Å². The highest BCUT2D eigenvalue weighted by molar-refractivity contribution is 5.34. The maximum atomic E-state index is 3.40. The number of aryl methyl sites for hydroxylation is 2. The Hall–Kier alpha value is -1.60. The number of benzene rings is 2. The van der Waals surface area contributed by atoms with Crippen LogP contribution in [0.15, 0.2) is 48.5 Å². The minimum absolute atomic E-state index is 0.164. The van der Waals surface area contributed by atoms with Crippen LogP contribution in [0.1, 0.15) is 35.6 Å². The summed E-state index contributed by atoms with van der Waals surface area (Å²) in [6.07, 6.45) is 2.21. The average molecular weight is 281 g/mol. The van der Waals surface area contributed by atoms with E-state index in [4.69, 9.17) is 0 Å². The Bertz CT molecular complexity index is 574. The minimum Gasteiger partial charge on any atom is -0.319 e. The molecule has 1 nitrogen and oxygen atoms in total. The lowest BCUT2D eigenvalue weighted by molar-refractivity contribution is 0.391. The van der Waals surface area contributed by atoms with E-state index in [1.54, 1.807) is 0 Å². The Labute approximate surface area is 129 Å². The van der Waals surface area contributed by atoms with Crippen LogP contribution in [0.2, 0.25) is 0 Å². The topological polar surface area (TPSA) is 12.0 Å². The van der Waals surface area contributed by atoms with E-state index in [0.29, 0.717) is 0 Å². The number of hydrogen-bond acceptors (Lipinski definition) is 1. The van der Waals surface area contributed by atoms with Crippen molar-refractivity contribution >= 4 is 0 Å². The van der Waals surface area contributed by atoms with Gasteiger partial charge in [0.15, 0.2) is 0 Å². The molecule has 0 saturated carbocycles. The number of nitrogens with one attached hydrogen (secondary N) is 1. The molecule has 0 fully saturated rings. The quantitative estimate of drug-likeness (QED) is 0.827. The molecule has 0 aliphatic carbocycles. The van der Waals surface area contributed by atoms with Crippen LogP contribution in [0.25, 0.3) is 0 Å². The molecule has 21 heavy (non-hydrogen) atoms. The normalized spacial score (nSPS) is 13.9. The number of likely N-dealkylation sites (N-methyl/N-ethyl adjacent to an activating group) is 1. The second-order valence-corrected chi connectivity index (χ2v) is 6.13. The molecule has 112 valence electrons. The van der Waals surface area contributed by atoms with Crippen molar-refractivity contribution in [3.63, 3.8) is 0 Å². The van der Waals surface area contributed by atoms with Gasteiger partial charge in [-0.3, -0.25) is 0 Å². The van der Waals surface area contributed by atoms with Gasteiger partial charge in [-0.05, 0) is 56.0 Å². The first-order valence-corrected chi connectivity index (χ1v) is 7.87. The van der Waals surface area contributed by atoms with Crippen molar-refractivity contribution in [2.45, 2.75) is 39.0 Å². The Kier molecular flexibility index (Phi) is 5.19. The molecule has 0 amide bonds. The summed E-state index contributed by atoms with van der Waals surface area (Å²) in [5, 5.41) is 3.40. The van der Waals surface area contributed by atoms with Crippen LogP contribution in [0.5, 0.6) is 0 Å². The van der Waals surface area contributed by atoms with Crippen molar-refractivity contribution < 1.29 is 0 Å². The van der Waals surface area contributed by atoms with Crippen molar-refractivity contribution in [1.29, 1.82) is 0 Å². The third kappa shape index (κ3) is 3.54. The van der Waals surface area contributed by atoms with Crippen LogP contribution in [0, 0.1) is 13.8 Å². The third-order valence-electron chi connectivity index (χ3n) is 4.69. The maximum absolute atomic E-state index is 3.40. The van der Waals surface area contributed by atoms with E-state index < -0.39 is 0 Å². The summed E-state index contributed by atoms with van der Waals surface area (Å²) in [7, 11) is 2.05. The van der Waals surface area contributed by atoms with Crippen LogP contribution < -0.4 is 5.32 Å². The van der Waals surface area contributed by atoms with Gasteiger partial charge in [0.1, 0.15) is 0 Å². The van der Waals surface area contributed by atoms with Crippen LogP contribution >= 0.6 is 0 Å². The lowest BCUT2D eigenvalue weighted by Gasteiger charge is -2.34. The number of hydrogen-bond donors (Lipinski definition) is 1. The first-order valence-electron chi connectivity index (χ1n) is 7.87. The summed E-state index contributed by atoms with van der Waals surface area (Å²) in [4.78, 5) is 0. The molecule has 0 radical (unpaired) electrons. The smallest absolute Gasteiger partial charge is 0.0115 e. The van der Waals surface area contributed by atoms with Crippen LogP contribution in [0.4, 0.5) is 0 Å². The van der Waals surface area contributed by atoms with Crippen LogP contribution in [-0.4, -0.2) is 13.6 Å². The molecule has 0 aliphatic rings. The summed E-state index contributed by atoms with van der Waals surface area (Å²) in [6, 6.07) is 17.8. The summed E-state index contributed by atoms with van der Waals surface area (Å²) in [5.74, 6) is 0. The molecular formula is C20H27N. The van der Waals surface area contributed by atoms with Crippen molar-refractivity contribution in [3.8, 4) is 0 Å². The van der Waals surface area contributed by atoms with Gasteiger partial charge in [0.05, 0.1) is 0 Å².